The number of aromatic nitrogens is 1. The van der Waals surface area contributed by atoms with Gasteiger partial charge in [-0.2, -0.15) is 0 Å². The molecule has 0 radical (unpaired) electrons. The van der Waals surface area contributed by atoms with Crippen LogP contribution in [-0.2, 0) is 11.3 Å². The molecule has 7 heteroatoms. The summed E-state index contributed by atoms with van der Waals surface area (Å²) in [6, 6.07) is 2.00. The lowest BCUT2D eigenvalue weighted by atomic mass is 9.92. The molecule has 1 aromatic heterocycles. The van der Waals surface area contributed by atoms with Crippen molar-refractivity contribution < 1.29 is 9.32 Å². The summed E-state index contributed by atoms with van der Waals surface area (Å²) in [4.78, 5) is 16.2. The molecule has 3 N–H and O–H groups in total. The van der Waals surface area contributed by atoms with Crippen molar-refractivity contribution in [2.24, 2.45) is 10.4 Å². The molecule has 7 nitrogen and oxygen atoms in total. The molecule has 1 heterocycles. The minimum absolute atomic E-state index is 0.0167. The third-order valence-corrected chi connectivity index (χ3v) is 4.28. The van der Waals surface area contributed by atoms with Crippen molar-refractivity contribution in [2.45, 2.75) is 59.9 Å². The van der Waals surface area contributed by atoms with E-state index < -0.39 is 5.41 Å². The molecular formula is C18H33N5O2. The largest absolute Gasteiger partial charge is 0.359 e. The zero-order valence-corrected chi connectivity index (χ0v) is 16.4. The van der Waals surface area contributed by atoms with Gasteiger partial charge in [-0.1, -0.05) is 19.0 Å². The first-order chi connectivity index (χ1) is 11.9. The van der Waals surface area contributed by atoms with Crippen LogP contribution in [0.3, 0.4) is 0 Å². The zero-order chi connectivity index (χ0) is 18.9. The van der Waals surface area contributed by atoms with E-state index in [9.17, 15) is 4.79 Å². The number of carbonyl (C=O) groups is 1. The van der Waals surface area contributed by atoms with Crippen molar-refractivity contribution >= 4 is 11.9 Å². The van der Waals surface area contributed by atoms with Gasteiger partial charge in [0.15, 0.2) is 11.7 Å². The predicted molar refractivity (Wildman–Crippen MR) is 100 cm³/mol. The number of carbonyl (C=O) groups excluding carboxylic acids is 1. The van der Waals surface area contributed by atoms with E-state index in [1.54, 1.807) is 7.05 Å². The fourth-order valence-corrected chi connectivity index (χ4v) is 2.49. The molecule has 0 fully saturated rings. The van der Waals surface area contributed by atoms with Crippen molar-refractivity contribution in [2.75, 3.05) is 20.1 Å². The van der Waals surface area contributed by atoms with Gasteiger partial charge in [0.1, 0.15) is 0 Å². The minimum Gasteiger partial charge on any atom is -0.359 e. The lowest BCUT2D eigenvalue weighted by molar-refractivity contribution is -0.128. The van der Waals surface area contributed by atoms with Gasteiger partial charge in [-0.25, -0.2) is 0 Å². The van der Waals surface area contributed by atoms with Crippen molar-refractivity contribution in [3.05, 3.63) is 17.5 Å². The molecule has 25 heavy (non-hydrogen) atoms. The Morgan fingerprint density at radius 1 is 1.24 bits per heavy atom. The van der Waals surface area contributed by atoms with Crippen LogP contribution in [-0.4, -0.2) is 37.2 Å². The monoisotopic (exact) mass is 351 g/mol. The highest BCUT2D eigenvalue weighted by Crippen LogP contribution is 2.22. The SMILES string of the molecule is CCNC(=O)C(C)(C)CNC(=NC)NCc1cc(C(CC)CC)no1. The smallest absolute Gasteiger partial charge is 0.227 e. The Balaban J connectivity index is 2.54. The summed E-state index contributed by atoms with van der Waals surface area (Å²) in [6.45, 7) is 11.6. The summed E-state index contributed by atoms with van der Waals surface area (Å²) >= 11 is 0. The molecular weight excluding hydrogens is 318 g/mol. The highest BCUT2D eigenvalue weighted by atomic mass is 16.5. The maximum atomic E-state index is 12.0. The standard InChI is InChI=1S/C18H33N5O2/c1-7-13(8-2)15-10-14(25-23-15)11-21-17(19-6)22-12-18(4,5)16(24)20-9-3/h10,13H,7-9,11-12H2,1-6H3,(H,20,24)(H2,19,21,22). The fourth-order valence-electron chi connectivity index (χ4n) is 2.49. The van der Waals surface area contributed by atoms with E-state index in [-0.39, 0.29) is 5.91 Å². The van der Waals surface area contributed by atoms with Crippen LogP contribution in [0.4, 0.5) is 0 Å². The number of guanidine groups is 1. The molecule has 0 aliphatic rings. The number of aliphatic imine (C=N–C) groups is 1. The maximum Gasteiger partial charge on any atom is 0.227 e. The van der Waals surface area contributed by atoms with Crippen molar-refractivity contribution in [1.82, 2.24) is 21.1 Å². The third-order valence-electron chi connectivity index (χ3n) is 4.28. The summed E-state index contributed by atoms with van der Waals surface area (Å²) < 4.78 is 5.40. The van der Waals surface area contributed by atoms with Crippen molar-refractivity contribution in [1.29, 1.82) is 0 Å². The van der Waals surface area contributed by atoms with Crippen molar-refractivity contribution in [3.8, 4) is 0 Å². The Labute approximate surface area is 151 Å². The van der Waals surface area contributed by atoms with Crippen LogP contribution in [0.5, 0.6) is 0 Å². The van der Waals surface area contributed by atoms with E-state index in [0.29, 0.717) is 31.5 Å². The first-order valence-corrected chi connectivity index (χ1v) is 9.06. The van der Waals surface area contributed by atoms with Crippen LogP contribution >= 0.6 is 0 Å². The molecule has 1 rings (SSSR count). The molecule has 0 aliphatic heterocycles. The van der Waals surface area contributed by atoms with E-state index in [4.69, 9.17) is 4.52 Å². The van der Waals surface area contributed by atoms with Crippen LogP contribution in [0.2, 0.25) is 0 Å². The molecule has 0 unspecified atom stereocenters. The Morgan fingerprint density at radius 2 is 1.92 bits per heavy atom. The van der Waals surface area contributed by atoms with Crippen LogP contribution in [0.15, 0.2) is 15.6 Å². The Kier molecular flexibility index (Phi) is 8.45. The highest BCUT2D eigenvalue weighted by molar-refractivity contribution is 5.84. The van der Waals surface area contributed by atoms with E-state index in [0.717, 1.165) is 24.3 Å². The molecule has 0 atom stereocenters. The zero-order valence-electron chi connectivity index (χ0n) is 16.4. The van der Waals surface area contributed by atoms with Gasteiger partial charge in [0.05, 0.1) is 17.7 Å². The van der Waals surface area contributed by atoms with E-state index >= 15 is 0 Å². The molecule has 0 spiro atoms. The topological polar surface area (TPSA) is 91.5 Å². The molecule has 142 valence electrons. The Hall–Kier alpha value is -2.05. The molecule has 0 aliphatic carbocycles. The number of nitrogens with one attached hydrogen (secondary N) is 3. The second-order valence-corrected chi connectivity index (χ2v) is 6.75. The maximum absolute atomic E-state index is 12.0. The van der Waals surface area contributed by atoms with Crippen LogP contribution in [0.25, 0.3) is 0 Å². The lowest BCUT2D eigenvalue weighted by Gasteiger charge is -2.24. The normalized spacial score (nSPS) is 12.4. The third kappa shape index (κ3) is 6.40. The van der Waals surface area contributed by atoms with Gasteiger partial charge in [-0.3, -0.25) is 9.79 Å². The van der Waals surface area contributed by atoms with Crippen LogP contribution in [0, 0.1) is 5.41 Å². The van der Waals surface area contributed by atoms with Gasteiger partial charge in [0.2, 0.25) is 5.91 Å². The highest BCUT2D eigenvalue weighted by Gasteiger charge is 2.27. The van der Waals surface area contributed by atoms with Gasteiger partial charge in [0.25, 0.3) is 0 Å². The minimum atomic E-state index is -0.525. The van der Waals surface area contributed by atoms with Crippen molar-refractivity contribution in [3.63, 3.8) is 0 Å². The van der Waals surface area contributed by atoms with Crippen LogP contribution in [0.1, 0.15) is 64.8 Å². The Bertz CT molecular complexity index is 562. The molecule has 0 aromatic carbocycles. The van der Waals surface area contributed by atoms with Gasteiger partial charge in [-0.05, 0) is 33.6 Å². The molecule has 0 saturated carbocycles. The van der Waals surface area contributed by atoms with Gasteiger partial charge >= 0.3 is 0 Å². The lowest BCUT2D eigenvalue weighted by Crippen LogP contribution is -2.47. The quantitative estimate of drug-likeness (QED) is 0.469. The van der Waals surface area contributed by atoms with E-state index in [1.807, 2.05) is 26.8 Å². The van der Waals surface area contributed by atoms with Gasteiger partial charge < -0.3 is 20.5 Å². The van der Waals surface area contributed by atoms with E-state index in [1.165, 1.54) is 0 Å². The molecule has 1 aromatic rings. The van der Waals surface area contributed by atoms with Gasteiger partial charge in [-0.15, -0.1) is 0 Å². The second-order valence-electron chi connectivity index (χ2n) is 6.75. The first-order valence-electron chi connectivity index (χ1n) is 9.06. The average Bonchev–Trinajstić information content (AvgIpc) is 3.05. The Morgan fingerprint density at radius 3 is 2.48 bits per heavy atom. The number of nitrogens with zero attached hydrogens (tertiary/aromatic N) is 2. The first kappa shape index (κ1) is 21.0. The van der Waals surface area contributed by atoms with Gasteiger partial charge in [0, 0.05) is 32.1 Å². The molecule has 1 amide bonds. The summed E-state index contributed by atoms with van der Waals surface area (Å²) in [5.41, 5.74) is 0.477. The molecule has 0 bridgehead atoms. The number of amides is 1. The average molecular weight is 351 g/mol. The number of hydrogen-bond acceptors (Lipinski definition) is 4. The second kappa shape index (κ2) is 10.1. The summed E-state index contributed by atoms with van der Waals surface area (Å²) in [7, 11) is 1.70. The summed E-state index contributed by atoms with van der Waals surface area (Å²) in [5.74, 6) is 1.85. The fraction of sp³-hybridized carbons (Fsp3) is 0.722. The number of hydrogen-bond donors (Lipinski definition) is 3. The summed E-state index contributed by atoms with van der Waals surface area (Å²) in [6.07, 6.45) is 2.10. The van der Waals surface area contributed by atoms with Crippen LogP contribution < -0.4 is 16.0 Å². The number of rotatable bonds is 9. The van der Waals surface area contributed by atoms with E-state index in [2.05, 4.69) is 39.9 Å². The molecule has 0 saturated heterocycles. The summed E-state index contributed by atoms with van der Waals surface area (Å²) in [5, 5.41) is 13.4. The predicted octanol–water partition coefficient (Wildman–Crippen LogP) is 2.41.